The molecule has 29 heavy (non-hydrogen) atoms. The second-order valence-corrected chi connectivity index (χ2v) is 7.66. The zero-order valence-electron chi connectivity index (χ0n) is 16.8. The van der Waals surface area contributed by atoms with Crippen LogP contribution >= 0.6 is 0 Å². The lowest BCUT2D eigenvalue weighted by molar-refractivity contribution is -0.127. The highest BCUT2D eigenvalue weighted by atomic mass is 19.1. The molecule has 1 aliphatic carbocycles. The number of halogens is 1. The van der Waals surface area contributed by atoms with Crippen molar-refractivity contribution in [3.05, 3.63) is 59.9 Å². The van der Waals surface area contributed by atoms with Gasteiger partial charge in [0.2, 0.25) is 5.91 Å². The minimum atomic E-state index is -0.388. The van der Waals surface area contributed by atoms with E-state index in [1.54, 1.807) is 12.1 Å². The maximum Gasteiger partial charge on any atom is 0.242 e. The highest BCUT2D eigenvalue weighted by molar-refractivity contribution is 5.83. The van der Waals surface area contributed by atoms with E-state index in [0.717, 1.165) is 56.0 Å². The zero-order valence-corrected chi connectivity index (χ0v) is 16.8. The van der Waals surface area contributed by atoms with Crippen LogP contribution < -0.4 is 15.0 Å². The second-order valence-electron chi connectivity index (χ2n) is 7.66. The number of carbonyl (C=O) groups excluding carboxylic acids is 1. The van der Waals surface area contributed by atoms with Crippen LogP contribution in [0.1, 0.15) is 31.4 Å². The van der Waals surface area contributed by atoms with Crippen LogP contribution in [0, 0.1) is 5.82 Å². The predicted molar refractivity (Wildman–Crippen MR) is 112 cm³/mol. The predicted octanol–water partition coefficient (Wildman–Crippen LogP) is 3.37. The van der Waals surface area contributed by atoms with E-state index in [1.165, 1.54) is 12.1 Å². The van der Waals surface area contributed by atoms with Crippen molar-refractivity contribution in [2.75, 3.05) is 37.7 Å². The van der Waals surface area contributed by atoms with Crippen LogP contribution in [-0.2, 0) is 4.79 Å². The summed E-state index contributed by atoms with van der Waals surface area (Å²) in [5, 5.41) is 3.13. The third-order valence-corrected chi connectivity index (χ3v) is 5.54. The van der Waals surface area contributed by atoms with Crippen molar-refractivity contribution in [2.45, 2.75) is 31.8 Å². The molecule has 1 aliphatic heterocycles. The Morgan fingerprint density at radius 1 is 1.10 bits per heavy atom. The number of nitrogens with zero attached hydrogens (tertiary/aromatic N) is 2. The quantitative estimate of drug-likeness (QED) is 0.778. The SMILES string of the molecule is CCOc1ccccc1N1CCN(C(C(=O)NC2CC2)c2ccc(F)cc2)CC1. The molecule has 1 heterocycles. The zero-order chi connectivity index (χ0) is 20.2. The average Bonchev–Trinajstić information content (AvgIpc) is 3.55. The standard InChI is InChI=1S/C23H28FN3O2/c1-2-29-21-6-4-3-5-20(21)26-13-15-27(16-14-26)22(23(28)25-19-11-12-19)17-7-9-18(24)10-8-17/h3-10,19,22H,2,11-16H2,1H3,(H,25,28). The molecule has 1 saturated heterocycles. The summed E-state index contributed by atoms with van der Waals surface area (Å²) in [7, 11) is 0. The maximum absolute atomic E-state index is 13.4. The van der Waals surface area contributed by atoms with E-state index < -0.39 is 0 Å². The number of amides is 1. The van der Waals surface area contributed by atoms with E-state index in [-0.39, 0.29) is 17.8 Å². The van der Waals surface area contributed by atoms with E-state index in [2.05, 4.69) is 21.2 Å². The summed E-state index contributed by atoms with van der Waals surface area (Å²) < 4.78 is 19.2. The van der Waals surface area contributed by atoms with Crippen LogP contribution in [0.5, 0.6) is 5.75 Å². The van der Waals surface area contributed by atoms with Crippen LogP contribution in [0.3, 0.4) is 0 Å². The van der Waals surface area contributed by atoms with Crippen molar-refractivity contribution in [1.82, 2.24) is 10.2 Å². The summed E-state index contributed by atoms with van der Waals surface area (Å²) in [5.74, 6) is 0.625. The Morgan fingerprint density at radius 3 is 2.45 bits per heavy atom. The van der Waals surface area contributed by atoms with E-state index >= 15 is 0 Å². The lowest BCUT2D eigenvalue weighted by Gasteiger charge is -2.40. The van der Waals surface area contributed by atoms with Crippen LogP contribution in [0.4, 0.5) is 10.1 Å². The van der Waals surface area contributed by atoms with E-state index in [0.29, 0.717) is 12.6 Å². The van der Waals surface area contributed by atoms with Gasteiger partial charge in [-0.3, -0.25) is 9.69 Å². The van der Waals surface area contributed by atoms with Gasteiger partial charge in [0.25, 0.3) is 0 Å². The number of ether oxygens (including phenoxy) is 1. The molecule has 1 atom stereocenters. The van der Waals surface area contributed by atoms with Gasteiger partial charge in [0.15, 0.2) is 0 Å². The third kappa shape index (κ3) is 4.70. The van der Waals surface area contributed by atoms with Crippen LogP contribution in [0.25, 0.3) is 0 Å². The fourth-order valence-corrected chi connectivity index (χ4v) is 3.90. The summed E-state index contributed by atoms with van der Waals surface area (Å²) in [6, 6.07) is 14.3. The Bertz CT molecular complexity index is 830. The largest absolute Gasteiger partial charge is 0.492 e. The Hall–Kier alpha value is -2.60. The van der Waals surface area contributed by atoms with Crippen LogP contribution in [-0.4, -0.2) is 49.6 Å². The van der Waals surface area contributed by atoms with Gasteiger partial charge in [0, 0.05) is 32.2 Å². The monoisotopic (exact) mass is 397 g/mol. The lowest BCUT2D eigenvalue weighted by atomic mass is 10.0. The summed E-state index contributed by atoms with van der Waals surface area (Å²) in [4.78, 5) is 17.5. The summed E-state index contributed by atoms with van der Waals surface area (Å²) >= 11 is 0. The molecule has 4 rings (SSSR count). The maximum atomic E-state index is 13.4. The molecule has 1 N–H and O–H groups in total. The molecule has 0 bridgehead atoms. The van der Waals surface area contributed by atoms with Crippen molar-refractivity contribution in [3.63, 3.8) is 0 Å². The van der Waals surface area contributed by atoms with Crippen LogP contribution in [0.2, 0.25) is 0 Å². The third-order valence-electron chi connectivity index (χ3n) is 5.54. The summed E-state index contributed by atoms with van der Waals surface area (Å²) in [6.45, 7) is 5.73. The first kappa shape index (κ1) is 19.7. The highest BCUT2D eigenvalue weighted by Crippen LogP contribution is 2.31. The van der Waals surface area contributed by atoms with Gasteiger partial charge in [0.1, 0.15) is 17.6 Å². The molecule has 5 nitrogen and oxygen atoms in total. The van der Waals surface area contributed by atoms with Crippen molar-refractivity contribution in [3.8, 4) is 5.75 Å². The number of rotatable bonds is 7. The van der Waals surface area contributed by atoms with Crippen molar-refractivity contribution in [1.29, 1.82) is 0 Å². The minimum absolute atomic E-state index is 0.0160. The number of piperazine rings is 1. The highest BCUT2D eigenvalue weighted by Gasteiger charge is 2.34. The van der Waals surface area contributed by atoms with Crippen molar-refractivity contribution in [2.24, 2.45) is 0 Å². The van der Waals surface area contributed by atoms with Gasteiger partial charge >= 0.3 is 0 Å². The molecule has 0 aromatic heterocycles. The molecule has 1 unspecified atom stereocenters. The Balaban J connectivity index is 1.49. The molecule has 2 aliphatic rings. The van der Waals surface area contributed by atoms with Crippen LogP contribution in [0.15, 0.2) is 48.5 Å². The minimum Gasteiger partial charge on any atom is -0.492 e. The molecule has 0 spiro atoms. The first-order chi connectivity index (χ1) is 14.2. The van der Waals surface area contributed by atoms with Gasteiger partial charge < -0.3 is 15.0 Å². The molecule has 154 valence electrons. The van der Waals surface area contributed by atoms with Gasteiger partial charge in [-0.25, -0.2) is 4.39 Å². The van der Waals surface area contributed by atoms with E-state index in [1.807, 2.05) is 25.1 Å². The molecule has 2 aromatic rings. The molecular weight excluding hydrogens is 369 g/mol. The molecule has 6 heteroatoms. The fraction of sp³-hybridized carbons (Fsp3) is 0.435. The molecule has 1 saturated carbocycles. The normalized spacial score (nSPS) is 18.3. The molecule has 2 aromatic carbocycles. The van der Waals surface area contributed by atoms with E-state index in [4.69, 9.17) is 4.74 Å². The van der Waals surface area contributed by atoms with Gasteiger partial charge in [-0.2, -0.15) is 0 Å². The van der Waals surface area contributed by atoms with Gasteiger partial charge in [0.05, 0.1) is 12.3 Å². The Kier molecular flexibility index (Phi) is 6.00. The second kappa shape index (κ2) is 8.82. The Morgan fingerprint density at radius 2 is 1.79 bits per heavy atom. The molecule has 1 amide bonds. The number of hydrogen-bond donors (Lipinski definition) is 1. The number of benzene rings is 2. The molecular formula is C23H28FN3O2. The average molecular weight is 397 g/mol. The number of carbonyl (C=O) groups is 1. The summed E-state index contributed by atoms with van der Waals surface area (Å²) in [6.07, 6.45) is 2.09. The van der Waals surface area contributed by atoms with Gasteiger partial charge in [-0.15, -0.1) is 0 Å². The number of anilines is 1. The first-order valence-electron chi connectivity index (χ1n) is 10.4. The molecule has 0 radical (unpaired) electrons. The number of nitrogens with one attached hydrogen (secondary N) is 1. The fourth-order valence-electron chi connectivity index (χ4n) is 3.90. The molecule has 2 fully saturated rings. The first-order valence-corrected chi connectivity index (χ1v) is 10.4. The number of hydrogen-bond acceptors (Lipinski definition) is 4. The van der Waals surface area contributed by atoms with Gasteiger partial charge in [-0.1, -0.05) is 24.3 Å². The smallest absolute Gasteiger partial charge is 0.242 e. The van der Waals surface area contributed by atoms with Gasteiger partial charge in [-0.05, 0) is 49.6 Å². The van der Waals surface area contributed by atoms with Crippen molar-refractivity contribution >= 4 is 11.6 Å². The van der Waals surface area contributed by atoms with Crippen molar-refractivity contribution < 1.29 is 13.9 Å². The summed E-state index contributed by atoms with van der Waals surface area (Å²) in [5.41, 5.74) is 1.93. The van der Waals surface area contributed by atoms with E-state index in [9.17, 15) is 9.18 Å². The lowest BCUT2D eigenvalue weighted by Crippen LogP contribution is -2.51. The topological polar surface area (TPSA) is 44.8 Å². The Labute approximate surface area is 171 Å². The number of para-hydroxylation sites is 2.